The minimum atomic E-state index is -3.99. The van der Waals surface area contributed by atoms with Crippen molar-refractivity contribution < 1.29 is 22.4 Å². The Kier molecular flexibility index (Phi) is 6.43. The summed E-state index contributed by atoms with van der Waals surface area (Å²) in [5.74, 6) is -0.885. The molecule has 0 aromatic heterocycles. The van der Waals surface area contributed by atoms with Crippen molar-refractivity contribution in [2.45, 2.75) is 36.0 Å². The molecule has 0 saturated carbocycles. The van der Waals surface area contributed by atoms with Gasteiger partial charge in [-0.15, -0.1) is 11.8 Å². The van der Waals surface area contributed by atoms with Gasteiger partial charge in [-0.25, -0.2) is 12.8 Å². The minimum absolute atomic E-state index is 0.0213. The number of halogens is 1. The predicted molar refractivity (Wildman–Crippen MR) is 122 cm³/mol. The summed E-state index contributed by atoms with van der Waals surface area (Å²) in [7, 11) is -3.99. The van der Waals surface area contributed by atoms with Crippen LogP contribution in [0.1, 0.15) is 24.8 Å². The van der Waals surface area contributed by atoms with Crippen molar-refractivity contribution in [1.82, 2.24) is 4.90 Å². The SMILES string of the molecule is Cc1ccc(NS(=O)(=O)c2ccc3c(c2)NC(=O)C(CC(=O)N2CCCC2)CS3)cc1F. The van der Waals surface area contributed by atoms with Gasteiger partial charge < -0.3 is 10.2 Å². The molecule has 1 atom stereocenters. The van der Waals surface area contributed by atoms with E-state index in [9.17, 15) is 22.4 Å². The molecule has 2 aromatic carbocycles. The average Bonchev–Trinajstić information content (AvgIpc) is 3.24. The molecule has 1 saturated heterocycles. The lowest BCUT2D eigenvalue weighted by atomic mass is 10.1. The molecule has 4 rings (SSSR count). The average molecular weight is 478 g/mol. The standard InChI is InChI=1S/C22H24FN3O4S2/c1-14-4-5-16(11-18(14)23)25-32(29,30)17-6-7-20-19(12-17)24-22(28)15(13-31-20)10-21(27)26-8-2-3-9-26/h4-7,11-12,15,25H,2-3,8-10,13H2,1H3,(H,24,28). The topological polar surface area (TPSA) is 95.6 Å². The van der Waals surface area contributed by atoms with Crippen molar-refractivity contribution in [1.29, 1.82) is 0 Å². The molecule has 2 N–H and O–H groups in total. The number of rotatable bonds is 5. The molecule has 10 heteroatoms. The first-order valence-electron chi connectivity index (χ1n) is 10.4. The molecule has 2 aromatic rings. The quantitative estimate of drug-likeness (QED) is 0.686. The normalized spacial score (nSPS) is 18.6. The first-order chi connectivity index (χ1) is 15.2. The molecule has 2 aliphatic rings. The highest BCUT2D eigenvalue weighted by Crippen LogP contribution is 2.35. The molecule has 32 heavy (non-hydrogen) atoms. The van der Waals surface area contributed by atoms with Gasteiger partial charge in [0, 0.05) is 30.2 Å². The minimum Gasteiger partial charge on any atom is -0.343 e. The van der Waals surface area contributed by atoms with E-state index in [4.69, 9.17) is 0 Å². The number of benzene rings is 2. The lowest BCUT2D eigenvalue weighted by molar-refractivity contribution is -0.133. The summed E-state index contributed by atoms with van der Waals surface area (Å²) in [5.41, 5.74) is 0.909. The van der Waals surface area contributed by atoms with Crippen molar-refractivity contribution in [3.05, 3.63) is 47.8 Å². The van der Waals surface area contributed by atoms with Gasteiger partial charge in [-0.2, -0.15) is 0 Å². The van der Waals surface area contributed by atoms with E-state index in [1.165, 1.54) is 36.0 Å². The van der Waals surface area contributed by atoms with Crippen LogP contribution in [0.3, 0.4) is 0 Å². The number of thioether (sulfide) groups is 1. The van der Waals surface area contributed by atoms with Gasteiger partial charge in [0.15, 0.2) is 0 Å². The summed E-state index contributed by atoms with van der Waals surface area (Å²) in [5, 5.41) is 2.78. The van der Waals surface area contributed by atoms with E-state index < -0.39 is 21.8 Å². The van der Waals surface area contributed by atoms with E-state index in [0.29, 0.717) is 17.0 Å². The molecule has 0 bridgehead atoms. The van der Waals surface area contributed by atoms with E-state index in [2.05, 4.69) is 10.0 Å². The lowest BCUT2D eigenvalue weighted by Crippen LogP contribution is -2.33. The van der Waals surface area contributed by atoms with Crippen molar-refractivity contribution in [2.24, 2.45) is 5.92 Å². The number of sulfonamides is 1. The second-order valence-electron chi connectivity index (χ2n) is 8.02. The highest BCUT2D eigenvalue weighted by molar-refractivity contribution is 7.99. The monoisotopic (exact) mass is 477 g/mol. The van der Waals surface area contributed by atoms with Gasteiger partial charge in [0.05, 0.1) is 22.2 Å². The number of aryl methyl sites for hydroxylation is 1. The van der Waals surface area contributed by atoms with Crippen molar-refractivity contribution in [3.8, 4) is 0 Å². The summed E-state index contributed by atoms with van der Waals surface area (Å²) >= 11 is 1.41. The number of fused-ring (bicyclic) bond motifs is 1. The third kappa shape index (κ3) is 4.91. The van der Waals surface area contributed by atoms with Crippen LogP contribution in [0.4, 0.5) is 15.8 Å². The zero-order valence-electron chi connectivity index (χ0n) is 17.6. The van der Waals surface area contributed by atoms with Crippen molar-refractivity contribution in [2.75, 3.05) is 28.9 Å². The number of likely N-dealkylation sites (tertiary alicyclic amines) is 1. The fourth-order valence-corrected chi connectivity index (χ4v) is 5.88. The lowest BCUT2D eigenvalue weighted by Gasteiger charge is -2.18. The third-order valence-electron chi connectivity index (χ3n) is 5.63. The van der Waals surface area contributed by atoms with Crippen LogP contribution < -0.4 is 10.0 Å². The summed E-state index contributed by atoms with van der Waals surface area (Å²) < 4.78 is 41.8. The largest absolute Gasteiger partial charge is 0.343 e. The summed E-state index contributed by atoms with van der Waals surface area (Å²) in [6.07, 6.45) is 2.12. The smallest absolute Gasteiger partial charge is 0.261 e. The zero-order chi connectivity index (χ0) is 22.9. The Morgan fingerprint density at radius 2 is 1.97 bits per heavy atom. The molecule has 170 valence electrons. The van der Waals surface area contributed by atoms with Crippen LogP contribution >= 0.6 is 11.8 Å². The van der Waals surface area contributed by atoms with Crippen LogP contribution in [0.25, 0.3) is 0 Å². The predicted octanol–water partition coefficient (Wildman–Crippen LogP) is 3.61. The summed E-state index contributed by atoms with van der Waals surface area (Å²) in [4.78, 5) is 27.7. The maximum atomic E-state index is 13.8. The molecule has 1 fully saturated rings. The Morgan fingerprint density at radius 3 is 2.69 bits per heavy atom. The van der Waals surface area contributed by atoms with Crippen LogP contribution in [0, 0.1) is 18.7 Å². The van der Waals surface area contributed by atoms with E-state index in [1.807, 2.05) is 0 Å². The summed E-state index contributed by atoms with van der Waals surface area (Å²) in [6.45, 7) is 3.06. The molecule has 0 spiro atoms. The van der Waals surface area contributed by atoms with Crippen molar-refractivity contribution >= 4 is 45.0 Å². The number of hydrogen-bond donors (Lipinski definition) is 2. The van der Waals surface area contributed by atoms with Gasteiger partial charge in [0.1, 0.15) is 5.82 Å². The molecular weight excluding hydrogens is 453 g/mol. The fraction of sp³-hybridized carbons (Fsp3) is 0.364. The molecule has 0 aliphatic carbocycles. The first kappa shape index (κ1) is 22.6. The Morgan fingerprint density at radius 1 is 1.22 bits per heavy atom. The van der Waals surface area contributed by atoms with Gasteiger partial charge >= 0.3 is 0 Å². The van der Waals surface area contributed by atoms with Gasteiger partial charge in [-0.1, -0.05) is 6.07 Å². The molecule has 2 aliphatic heterocycles. The zero-order valence-corrected chi connectivity index (χ0v) is 19.2. The first-order valence-corrected chi connectivity index (χ1v) is 12.8. The Balaban J connectivity index is 1.50. The van der Waals surface area contributed by atoms with E-state index in [1.54, 1.807) is 17.9 Å². The molecule has 2 heterocycles. The van der Waals surface area contributed by atoms with Gasteiger partial charge in [0.2, 0.25) is 11.8 Å². The molecule has 7 nitrogen and oxygen atoms in total. The third-order valence-corrected chi connectivity index (χ3v) is 8.25. The Bertz CT molecular complexity index is 1160. The number of carbonyl (C=O) groups excluding carboxylic acids is 2. The van der Waals surface area contributed by atoms with Crippen LogP contribution in [0.15, 0.2) is 46.2 Å². The second-order valence-corrected chi connectivity index (χ2v) is 10.8. The summed E-state index contributed by atoms with van der Waals surface area (Å²) in [6, 6.07) is 8.56. The molecular formula is C22H24FN3O4S2. The van der Waals surface area contributed by atoms with Crippen LogP contribution in [0.2, 0.25) is 0 Å². The van der Waals surface area contributed by atoms with Gasteiger partial charge in [0.25, 0.3) is 10.0 Å². The maximum absolute atomic E-state index is 13.8. The number of amides is 2. The number of hydrogen-bond acceptors (Lipinski definition) is 5. The highest BCUT2D eigenvalue weighted by Gasteiger charge is 2.30. The molecule has 2 amide bonds. The fourth-order valence-electron chi connectivity index (χ4n) is 3.73. The maximum Gasteiger partial charge on any atom is 0.261 e. The molecule has 1 unspecified atom stereocenters. The number of carbonyl (C=O) groups is 2. The van der Waals surface area contributed by atoms with Crippen LogP contribution in [-0.2, 0) is 19.6 Å². The van der Waals surface area contributed by atoms with E-state index in [0.717, 1.165) is 36.9 Å². The number of nitrogens with one attached hydrogen (secondary N) is 2. The van der Waals surface area contributed by atoms with Gasteiger partial charge in [-0.3, -0.25) is 14.3 Å². The highest BCUT2D eigenvalue weighted by atomic mass is 32.2. The van der Waals surface area contributed by atoms with Crippen LogP contribution in [0.5, 0.6) is 0 Å². The number of nitrogens with zero attached hydrogens (tertiary/aromatic N) is 1. The second kappa shape index (κ2) is 9.11. The van der Waals surface area contributed by atoms with E-state index in [-0.39, 0.29) is 28.8 Å². The van der Waals surface area contributed by atoms with Gasteiger partial charge in [-0.05, 0) is 55.7 Å². The van der Waals surface area contributed by atoms with Crippen LogP contribution in [-0.4, -0.2) is 44.0 Å². The molecule has 0 radical (unpaired) electrons. The van der Waals surface area contributed by atoms with E-state index >= 15 is 0 Å². The Labute approximate surface area is 190 Å². The van der Waals surface area contributed by atoms with Crippen molar-refractivity contribution in [3.63, 3.8) is 0 Å². The number of anilines is 2. The Hall–Kier alpha value is -2.59.